The molecule has 0 saturated heterocycles. The summed E-state index contributed by atoms with van der Waals surface area (Å²) >= 11 is 4.90. The molecule has 7 heteroatoms. The summed E-state index contributed by atoms with van der Waals surface area (Å²) in [5.41, 5.74) is -0.177. The van der Waals surface area contributed by atoms with Gasteiger partial charge in [-0.1, -0.05) is 0 Å². The lowest BCUT2D eigenvalue weighted by molar-refractivity contribution is 0.692. The molecule has 2 rings (SSSR count). The van der Waals surface area contributed by atoms with Crippen molar-refractivity contribution < 1.29 is 0 Å². The van der Waals surface area contributed by atoms with Gasteiger partial charge in [0.25, 0.3) is 11.3 Å². The van der Waals surface area contributed by atoms with Crippen molar-refractivity contribution in [2.24, 2.45) is 0 Å². The number of aryl methyl sites for hydroxylation is 1. The third-order valence-corrected chi connectivity index (χ3v) is 2.00. The van der Waals surface area contributed by atoms with Crippen molar-refractivity contribution in [1.29, 1.82) is 0 Å². The summed E-state index contributed by atoms with van der Waals surface area (Å²) in [5, 5.41) is 10.3. The lowest BCUT2D eigenvalue weighted by Gasteiger charge is -1.99. The van der Waals surface area contributed by atoms with Crippen LogP contribution in [0.3, 0.4) is 0 Å². The Bertz CT molecular complexity index is 550. The maximum Gasteiger partial charge on any atom is 0.273 e. The second kappa shape index (κ2) is 2.77. The third-order valence-electron chi connectivity index (χ3n) is 1.74. The van der Waals surface area contributed by atoms with Gasteiger partial charge in [0.1, 0.15) is 6.20 Å². The van der Waals surface area contributed by atoms with Crippen LogP contribution in [0.25, 0.3) is 5.78 Å². The van der Waals surface area contributed by atoms with E-state index in [0.717, 1.165) is 0 Å². The molecule has 0 aliphatic carbocycles. The van der Waals surface area contributed by atoms with Crippen LogP contribution in [0.4, 0.5) is 0 Å². The van der Waals surface area contributed by atoms with Gasteiger partial charge in [0, 0.05) is 6.54 Å². The summed E-state index contributed by atoms with van der Waals surface area (Å²) in [6, 6.07) is 0. The van der Waals surface area contributed by atoms with Crippen molar-refractivity contribution in [2.75, 3.05) is 0 Å². The standard InChI is InChI=1S/C6H7N5OS/c1-2-10-4(12)3-7-11-5(10)8-9-6(11)13/h3H,2H2,1H3,(H,9,13). The van der Waals surface area contributed by atoms with Crippen molar-refractivity contribution in [3.05, 3.63) is 21.3 Å². The molecule has 0 amide bonds. The molecular formula is C6H7N5OS. The van der Waals surface area contributed by atoms with E-state index in [0.29, 0.717) is 17.1 Å². The van der Waals surface area contributed by atoms with Gasteiger partial charge >= 0.3 is 0 Å². The van der Waals surface area contributed by atoms with Gasteiger partial charge in [0.05, 0.1) is 0 Å². The van der Waals surface area contributed by atoms with E-state index >= 15 is 0 Å². The SMILES string of the molecule is CCn1c(=O)cnn2c(=S)[nH]nc12. The van der Waals surface area contributed by atoms with Gasteiger partial charge in [-0.25, -0.2) is 5.10 Å². The van der Waals surface area contributed by atoms with Crippen molar-refractivity contribution in [1.82, 2.24) is 24.4 Å². The van der Waals surface area contributed by atoms with E-state index in [9.17, 15) is 4.79 Å². The Hall–Kier alpha value is -1.50. The van der Waals surface area contributed by atoms with Crippen LogP contribution in [0.15, 0.2) is 11.0 Å². The molecule has 0 unspecified atom stereocenters. The number of hydrogen-bond donors (Lipinski definition) is 1. The molecular weight excluding hydrogens is 190 g/mol. The van der Waals surface area contributed by atoms with Gasteiger partial charge < -0.3 is 0 Å². The van der Waals surface area contributed by atoms with Crippen LogP contribution in [-0.2, 0) is 6.54 Å². The fraction of sp³-hybridized carbons (Fsp3) is 0.333. The first kappa shape index (κ1) is 8.11. The van der Waals surface area contributed by atoms with Gasteiger partial charge in [-0.15, -0.1) is 5.10 Å². The summed E-state index contributed by atoms with van der Waals surface area (Å²) in [6.45, 7) is 2.41. The topological polar surface area (TPSA) is 68.0 Å². The van der Waals surface area contributed by atoms with Gasteiger partial charge in [0.2, 0.25) is 4.77 Å². The molecule has 0 radical (unpaired) electrons. The summed E-state index contributed by atoms with van der Waals surface area (Å²) in [5.74, 6) is 0.444. The first-order valence-corrected chi connectivity index (χ1v) is 4.18. The normalized spacial score (nSPS) is 10.8. The Morgan fingerprint density at radius 3 is 3.15 bits per heavy atom. The Balaban J connectivity index is 3.01. The zero-order valence-corrected chi connectivity index (χ0v) is 7.71. The molecule has 0 aliphatic heterocycles. The lowest BCUT2D eigenvalue weighted by Crippen LogP contribution is -2.22. The minimum Gasteiger partial charge on any atom is -0.275 e. The highest BCUT2D eigenvalue weighted by Crippen LogP contribution is 1.93. The highest BCUT2D eigenvalue weighted by atomic mass is 32.1. The molecule has 1 N–H and O–H groups in total. The Labute approximate surface area is 77.8 Å². The molecule has 0 spiro atoms. The van der Waals surface area contributed by atoms with E-state index in [1.54, 1.807) is 0 Å². The average molecular weight is 197 g/mol. The fourth-order valence-corrected chi connectivity index (χ4v) is 1.31. The predicted octanol–water partition coefficient (Wildman–Crippen LogP) is -0.0315. The summed E-state index contributed by atoms with van der Waals surface area (Å²) in [7, 11) is 0. The first-order chi connectivity index (χ1) is 6.24. The van der Waals surface area contributed by atoms with Crippen LogP contribution in [0.2, 0.25) is 0 Å². The number of aromatic amines is 1. The van der Waals surface area contributed by atoms with Crippen LogP contribution < -0.4 is 5.56 Å². The van der Waals surface area contributed by atoms with Crippen molar-refractivity contribution in [2.45, 2.75) is 13.5 Å². The van der Waals surface area contributed by atoms with Crippen molar-refractivity contribution >= 4 is 18.0 Å². The molecule has 0 aliphatic rings. The molecule has 0 atom stereocenters. The molecule has 2 aromatic rings. The Morgan fingerprint density at radius 2 is 2.46 bits per heavy atom. The number of hydrogen-bond acceptors (Lipinski definition) is 4. The van der Waals surface area contributed by atoms with Crippen LogP contribution in [0.1, 0.15) is 6.92 Å². The van der Waals surface area contributed by atoms with Crippen LogP contribution in [0.5, 0.6) is 0 Å². The minimum absolute atomic E-state index is 0.177. The summed E-state index contributed by atoms with van der Waals surface area (Å²) in [6.07, 6.45) is 1.22. The van der Waals surface area contributed by atoms with E-state index < -0.39 is 0 Å². The second-order valence-corrected chi connectivity index (χ2v) is 2.85. The average Bonchev–Trinajstić information content (AvgIpc) is 2.48. The zero-order chi connectivity index (χ0) is 9.42. The molecule has 13 heavy (non-hydrogen) atoms. The Kier molecular flexibility index (Phi) is 1.73. The Morgan fingerprint density at radius 1 is 1.69 bits per heavy atom. The van der Waals surface area contributed by atoms with Gasteiger partial charge in [-0.2, -0.15) is 9.61 Å². The zero-order valence-electron chi connectivity index (χ0n) is 6.89. The monoisotopic (exact) mass is 197 g/mol. The number of fused-ring (bicyclic) bond motifs is 1. The van der Waals surface area contributed by atoms with Crippen molar-refractivity contribution in [3.8, 4) is 0 Å². The number of nitrogens with one attached hydrogen (secondary N) is 1. The predicted molar refractivity (Wildman–Crippen MR) is 48.1 cm³/mol. The maximum absolute atomic E-state index is 11.3. The number of aromatic nitrogens is 5. The molecule has 68 valence electrons. The number of rotatable bonds is 1. The summed E-state index contributed by atoms with van der Waals surface area (Å²) in [4.78, 5) is 11.3. The smallest absolute Gasteiger partial charge is 0.273 e. The van der Waals surface area contributed by atoms with Crippen LogP contribution in [-0.4, -0.2) is 24.4 Å². The molecule has 0 fully saturated rings. The maximum atomic E-state index is 11.3. The van der Waals surface area contributed by atoms with E-state index in [4.69, 9.17) is 12.2 Å². The van der Waals surface area contributed by atoms with E-state index in [1.807, 2.05) is 6.92 Å². The third kappa shape index (κ3) is 1.08. The van der Waals surface area contributed by atoms with Crippen LogP contribution in [0, 0.1) is 4.77 Å². The molecule has 2 heterocycles. The van der Waals surface area contributed by atoms with Crippen molar-refractivity contribution in [3.63, 3.8) is 0 Å². The summed E-state index contributed by atoms with van der Waals surface area (Å²) < 4.78 is 3.29. The minimum atomic E-state index is -0.177. The highest BCUT2D eigenvalue weighted by Gasteiger charge is 2.04. The number of nitrogens with zero attached hydrogens (tertiary/aromatic N) is 4. The first-order valence-electron chi connectivity index (χ1n) is 3.77. The quantitative estimate of drug-likeness (QED) is 0.652. The molecule has 0 bridgehead atoms. The van der Waals surface area contributed by atoms with E-state index in [1.165, 1.54) is 15.3 Å². The highest BCUT2D eigenvalue weighted by molar-refractivity contribution is 7.71. The van der Waals surface area contributed by atoms with Gasteiger partial charge in [-0.05, 0) is 19.1 Å². The van der Waals surface area contributed by atoms with Crippen LogP contribution >= 0.6 is 12.2 Å². The van der Waals surface area contributed by atoms with E-state index in [-0.39, 0.29) is 5.56 Å². The largest absolute Gasteiger partial charge is 0.275 e. The molecule has 2 aromatic heterocycles. The molecule has 6 nitrogen and oxygen atoms in total. The number of H-pyrrole nitrogens is 1. The van der Waals surface area contributed by atoms with E-state index in [2.05, 4.69) is 15.3 Å². The van der Waals surface area contributed by atoms with Gasteiger partial charge in [-0.3, -0.25) is 9.36 Å². The second-order valence-electron chi connectivity index (χ2n) is 2.47. The van der Waals surface area contributed by atoms with Gasteiger partial charge in [0.15, 0.2) is 0 Å². The lowest BCUT2D eigenvalue weighted by atomic mass is 10.6. The molecule has 0 aromatic carbocycles. The fourth-order valence-electron chi connectivity index (χ4n) is 1.13. The molecule has 0 saturated carbocycles.